The zero-order valence-electron chi connectivity index (χ0n) is 11.6. The summed E-state index contributed by atoms with van der Waals surface area (Å²) in [5.74, 6) is -0.374. The standard InChI is InChI=1S/C13H20N2O3S/c1-4-5-15-6-7-18-10(8-15)12-14-11(9(2)19-12)13(16)17-3/h10H,4-8H2,1-3H3. The molecule has 19 heavy (non-hydrogen) atoms. The Morgan fingerprint density at radius 1 is 1.63 bits per heavy atom. The lowest BCUT2D eigenvalue weighted by atomic mass is 10.2. The molecule has 1 atom stereocenters. The molecule has 2 rings (SSSR count). The number of nitrogens with zero attached hydrogens (tertiary/aromatic N) is 2. The third-order valence-electron chi connectivity index (χ3n) is 3.16. The maximum Gasteiger partial charge on any atom is 0.357 e. The monoisotopic (exact) mass is 284 g/mol. The Morgan fingerprint density at radius 3 is 3.11 bits per heavy atom. The molecular weight excluding hydrogens is 264 g/mol. The van der Waals surface area contributed by atoms with Crippen LogP contribution in [0.3, 0.4) is 0 Å². The third kappa shape index (κ3) is 3.32. The highest BCUT2D eigenvalue weighted by molar-refractivity contribution is 7.11. The smallest absolute Gasteiger partial charge is 0.357 e. The number of carbonyl (C=O) groups excluding carboxylic acids is 1. The first kappa shape index (κ1) is 14.4. The van der Waals surface area contributed by atoms with Crippen molar-refractivity contribution in [2.75, 3.05) is 33.4 Å². The number of aromatic nitrogens is 1. The highest BCUT2D eigenvalue weighted by atomic mass is 32.1. The first-order valence-electron chi connectivity index (χ1n) is 6.55. The van der Waals surface area contributed by atoms with Crippen LogP contribution in [0.2, 0.25) is 0 Å². The molecule has 2 heterocycles. The van der Waals surface area contributed by atoms with Crippen molar-refractivity contribution in [3.8, 4) is 0 Å². The lowest BCUT2D eigenvalue weighted by molar-refractivity contribution is -0.0299. The Hall–Kier alpha value is -0.980. The maximum absolute atomic E-state index is 11.6. The van der Waals surface area contributed by atoms with Gasteiger partial charge in [0, 0.05) is 18.0 Å². The molecule has 6 heteroatoms. The van der Waals surface area contributed by atoms with Gasteiger partial charge in [0.2, 0.25) is 0 Å². The van der Waals surface area contributed by atoms with Gasteiger partial charge in [-0.15, -0.1) is 11.3 Å². The van der Waals surface area contributed by atoms with Crippen LogP contribution in [0.25, 0.3) is 0 Å². The lowest BCUT2D eigenvalue weighted by Gasteiger charge is -2.31. The first-order chi connectivity index (χ1) is 9.15. The second-order valence-electron chi connectivity index (χ2n) is 4.61. The number of carbonyl (C=O) groups is 1. The van der Waals surface area contributed by atoms with E-state index in [-0.39, 0.29) is 12.1 Å². The van der Waals surface area contributed by atoms with E-state index in [1.54, 1.807) is 0 Å². The van der Waals surface area contributed by atoms with Gasteiger partial charge in [-0.2, -0.15) is 0 Å². The quantitative estimate of drug-likeness (QED) is 0.792. The minimum Gasteiger partial charge on any atom is -0.464 e. The average Bonchev–Trinajstić information content (AvgIpc) is 2.81. The van der Waals surface area contributed by atoms with Gasteiger partial charge in [-0.25, -0.2) is 9.78 Å². The van der Waals surface area contributed by atoms with Crippen LogP contribution in [0.15, 0.2) is 0 Å². The Labute approximate surface area is 117 Å². The number of rotatable bonds is 4. The van der Waals surface area contributed by atoms with Crippen LogP contribution in [0.1, 0.15) is 39.8 Å². The zero-order chi connectivity index (χ0) is 13.8. The van der Waals surface area contributed by atoms with Gasteiger partial charge in [-0.05, 0) is 19.9 Å². The summed E-state index contributed by atoms with van der Waals surface area (Å²) in [4.78, 5) is 19.2. The van der Waals surface area contributed by atoms with E-state index in [0.717, 1.165) is 42.5 Å². The first-order valence-corrected chi connectivity index (χ1v) is 7.37. The number of aryl methyl sites for hydroxylation is 1. The number of thiazole rings is 1. The summed E-state index contributed by atoms with van der Waals surface area (Å²) >= 11 is 1.52. The van der Waals surface area contributed by atoms with Crippen molar-refractivity contribution in [2.45, 2.75) is 26.4 Å². The average molecular weight is 284 g/mol. The SMILES string of the molecule is CCCN1CCOC(c2nc(C(=O)OC)c(C)s2)C1. The van der Waals surface area contributed by atoms with Gasteiger partial charge in [-0.1, -0.05) is 6.92 Å². The molecule has 1 fully saturated rings. The van der Waals surface area contributed by atoms with Crippen LogP contribution >= 0.6 is 11.3 Å². The molecule has 106 valence electrons. The molecule has 1 aliphatic heterocycles. The molecule has 1 unspecified atom stereocenters. The number of morpholine rings is 1. The summed E-state index contributed by atoms with van der Waals surface area (Å²) in [6, 6.07) is 0. The van der Waals surface area contributed by atoms with Crippen LogP contribution in [0.5, 0.6) is 0 Å². The Balaban J connectivity index is 2.11. The minimum absolute atomic E-state index is 0.0255. The Morgan fingerprint density at radius 2 is 2.42 bits per heavy atom. The van der Waals surface area contributed by atoms with Gasteiger partial charge in [-0.3, -0.25) is 4.90 Å². The summed E-state index contributed by atoms with van der Waals surface area (Å²) < 4.78 is 10.5. The lowest BCUT2D eigenvalue weighted by Crippen LogP contribution is -2.38. The highest BCUT2D eigenvalue weighted by Crippen LogP contribution is 2.28. The normalized spacial score (nSPS) is 20.5. The topological polar surface area (TPSA) is 51.7 Å². The molecular formula is C13H20N2O3S. The molecule has 0 aromatic carbocycles. The van der Waals surface area contributed by atoms with E-state index in [1.807, 2.05) is 6.92 Å². The molecule has 0 N–H and O–H groups in total. The van der Waals surface area contributed by atoms with Gasteiger partial charge in [0.25, 0.3) is 0 Å². The van der Waals surface area contributed by atoms with Crippen molar-refractivity contribution in [1.82, 2.24) is 9.88 Å². The van der Waals surface area contributed by atoms with E-state index in [2.05, 4.69) is 16.8 Å². The maximum atomic E-state index is 11.6. The van der Waals surface area contributed by atoms with Gasteiger partial charge in [0.15, 0.2) is 5.69 Å². The van der Waals surface area contributed by atoms with Crippen molar-refractivity contribution in [2.24, 2.45) is 0 Å². The van der Waals surface area contributed by atoms with Crippen LogP contribution in [0.4, 0.5) is 0 Å². The fourth-order valence-electron chi connectivity index (χ4n) is 2.21. The molecule has 1 aromatic rings. The van der Waals surface area contributed by atoms with E-state index in [1.165, 1.54) is 18.4 Å². The molecule has 1 saturated heterocycles. The molecule has 5 nitrogen and oxygen atoms in total. The van der Waals surface area contributed by atoms with E-state index < -0.39 is 0 Å². The van der Waals surface area contributed by atoms with E-state index >= 15 is 0 Å². The second-order valence-corrected chi connectivity index (χ2v) is 5.84. The Kier molecular flexibility index (Phi) is 4.90. The summed E-state index contributed by atoms with van der Waals surface area (Å²) in [5, 5.41) is 0.874. The molecule has 0 radical (unpaired) electrons. The fraction of sp³-hybridized carbons (Fsp3) is 0.692. The molecule has 0 aliphatic carbocycles. The number of methoxy groups -OCH3 is 1. The molecule has 0 spiro atoms. The van der Waals surface area contributed by atoms with Gasteiger partial charge >= 0.3 is 5.97 Å². The summed E-state index contributed by atoms with van der Waals surface area (Å²) in [6.45, 7) is 7.68. The zero-order valence-corrected chi connectivity index (χ0v) is 12.5. The van der Waals surface area contributed by atoms with Crippen molar-refractivity contribution in [3.63, 3.8) is 0 Å². The summed E-state index contributed by atoms with van der Waals surface area (Å²) in [6.07, 6.45) is 1.11. The molecule has 1 aliphatic rings. The van der Waals surface area contributed by atoms with Gasteiger partial charge < -0.3 is 9.47 Å². The number of hydrogen-bond acceptors (Lipinski definition) is 6. The minimum atomic E-state index is -0.374. The number of ether oxygens (including phenoxy) is 2. The predicted molar refractivity (Wildman–Crippen MR) is 73.6 cm³/mol. The van der Waals surface area contributed by atoms with Crippen molar-refractivity contribution < 1.29 is 14.3 Å². The van der Waals surface area contributed by atoms with Crippen molar-refractivity contribution >= 4 is 17.3 Å². The largest absolute Gasteiger partial charge is 0.464 e. The summed E-state index contributed by atoms with van der Waals surface area (Å²) in [7, 11) is 1.38. The Bertz CT molecular complexity index is 445. The second kappa shape index (κ2) is 6.45. The molecule has 0 bridgehead atoms. The number of esters is 1. The van der Waals surface area contributed by atoms with Crippen LogP contribution in [-0.4, -0.2) is 49.2 Å². The van der Waals surface area contributed by atoms with E-state index in [4.69, 9.17) is 9.47 Å². The third-order valence-corrected chi connectivity index (χ3v) is 4.22. The van der Waals surface area contributed by atoms with Crippen molar-refractivity contribution in [3.05, 3.63) is 15.6 Å². The predicted octanol–water partition coefficient (Wildman–Crippen LogP) is 2.02. The number of hydrogen-bond donors (Lipinski definition) is 0. The molecule has 0 amide bonds. The molecule has 1 aromatic heterocycles. The summed E-state index contributed by atoms with van der Waals surface area (Å²) in [5.41, 5.74) is 0.415. The van der Waals surface area contributed by atoms with Gasteiger partial charge in [0.05, 0.1) is 13.7 Å². The van der Waals surface area contributed by atoms with E-state index in [0.29, 0.717) is 5.69 Å². The molecule has 0 saturated carbocycles. The van der Waals surface area contributed by atoms with Crippen LogP contribution in [-0.2, 0) is 9.47 Å². The van der Waals surface area contributed by atoms with Crippen LogP contribution in [0, 0.1) is 6.92 Å². The van der Waals surface area contributed by atoms with Crippen LogP contribution < -0.4 is 0 Å². The van der Waals surface area contributed by atoms with E-state index in [9.17, 15) is 4.79 Å². The van der Waals surface area contributed by atoms with Crippen molar-refractivity contribution in [1.29, 1.82) is 0 Å². The highest BCUT2D eigenvalue weighted by Gasteiger charge is 2.26. The fourth-order valence-corrected chi connectivity index (χ4v) is 3.16. The van der Waals surface area contributed by atoms with Gasteiger partial charge in [0.1, 0.15) is 11.1 Å².